The summed E-state index contributed by atoms with van der Waals surface area (Å²) in [6.07, 6.45) is 2.11. The maximum atomic E-state index is 6.64. The summed E-state index contributed by atoms with van der Waals surface area (Å²) in [7, 11) is 0. The van der Waals surface area contributed by atoms with Crippen LogP contribution in [0.2, 0.25) is 5.02 Å². The van der Waals surface area contributed by atoms with Crippen molar-refractivity contribution < 1.29 is 9.47 Å². The predicted octanol–water partition coefficient (Wildman–Crippen LogP) is 3.98. The fraction of sp³-hybridized carbons (Fsp3) is 0.571. The van der Waals surface area contributed by atoms with E-state index in [2.05, 4.69) is 6.92 Å². The summed E-state index contributed by atoms with van der Waals surface area (Å²) in [5.41, 5.74) is 2.20. The Balaban J connectivity index is 1.96. The first-order valence-electron chi connectivity index (χ1n) is 6.37. The third-order valence-electron chi connectivity index (χ3n) is 3.89. The van der Waals surface area contributed by atoms with Gasteiger partial charge in [0.15, 0.2) is 0 Å². The van der Waals surface area contributed by atoms with Gasteiger partial charge in [-0.25, -0.2) is 0 Å². The minimum Gasteiger partial charge on any atom is -0.493 e. The van der Waals surface area contributed by atoms with Crippen LogP contribution >= 0.6 is 23.2 Å². The average Bonchev–Trinajstić information content (AvgIpc) is 2.95. The molecule has 3 atom stereocenters. The van der Waals surface area contributed by atoms with Gasteiger partial charge in [0.25, 0.3) is 0 Å². The Morgan fingerprint density at radius 1 is 1.33 bits per heavy atom. The summed E-state index contributed by atoms with van der Waals surface area (Å²) in [6.45, 7) is 3.60. The van der Waals surface area contributed by atoms with E-state index in [4.69, 9.17) is 32.7 Å². The van der Waals surface area contributed by atoms with Crippen molar-refractivity contribution in [2.24, 2.45) is 5.92 Å². The zero-order valence-corrected chi connectivity index (χ0v) is 11.8. The van der Waals surface area contributed by atoms with Gasteiger partial charge in [-0.3, -0.25) is 0 Å². The maximum Gasteiger partial charge on any atom is 0.127 e. The number of rotatable bonds is 2. The molecular weight excluding hydrogens is 271 g/mol. The molecule has 1 aromatic rings. The van der Waals surface area contributed by atoms with Crippen molar-refractivity contribution in [1.29, 1.82) is 0 Å². The first-order chi connectivity index (χ1) is 8.66. The van der Waals surface area contributed by atoms with Gasteiger partial charge in [0.2, 0.25) is 0 Å². The smallest absolute Gasteiger partial charge is 0.127 e. The van der Waals surface area contributed by atoms with Crippen LogP contribution in [-0.4, -0.2) is 19.3 Å². The second kappa shape index (κ2) is 4.92. The van der Waals surface area contributed by atoms with Crippen LogP contribution in [0, 0.1) is 5.92 Å². The largest absolute Gasteiger partial charge is 0.493 e. The molecule has 98 valence electrons. The van der Waals surface area contributed by atoms with Gasteiger partial charge < -0.3 is 9.47 Å². The molecule has 0 amide bonds. The van der Waals surface area contributed by atoms with Crippen LogP contribution in [0.4, 0.5) is 0 Å². The summed E-state index contributed by atoms with van der Waals surface area (Å²) in [4.78, 5) is 0. The van der Waals surface area contributed by atoms with Gasteiger partial charge in [-0.15, -0.1) is 11.6 Å². The third-order valence-corrected chi connectivity index (χ3v) is 4.66. The van der Waals surface area contributed by atoms with E-state index in [1.165, 1.54) is 5.56 Å². The summed E-state index contributed by atoms with van der Waals surface area (Å²) >= 11 is 12.8. The molecule has 0 spiro atoms. The second-order valence-electron chi connectivity index (χ2n) is 5.01. The Hall–Kier alpha value is -0.440. The summed E-state index contributed by atoms with van der Waals surface area (Å²) in [5.74, 6) is 1.27. The summed E-state index contributed by atoms with van der Waals surface area (Å²) in [5, 5.41) is 0.652. The molecule has 3 rings (SSSR count). The molecule has 0 bridgehead atoms. The van der Waals surface area contributed by atoms with Gasteiger partial charge in [-0.05, 0) is 31.0 Å². The topological polar surface area (TPSA) is 18.5 Å². The van der Waals surface area contributed by atoms with Crippen LogP contribution < -0.4 is 4.74 Å². The van der Waals surface area contributed by atoms with E-state index in [0.29, 0.717) is 5.92 Å². The zero-order chi connectivity index (χ0) is 12.7. The molecular formula is C14H16Cl2O2. The molecule has 0 saturated carbocycles. The lowest BCUT2D eigenvalue weighted by Crippen LogP contribution is -2.17. The quantitative estimate of drug-likeness (QED) is 0.766. The lowest BCUT2D eigenvalue weighted by atomic mass is 9.92. The standard InChI is InChI=1S/C14H16Cl2O2/c1-8-11(3-5-17-8)13(16)12-7-10(15)6-9-2-4-18-14(9)12/h6-8,11,13H,2-5H2,1H3. The van der Waals surface area contributed by atoms with Gasteiger partial charge in [0, 0.05) is 29.5 Å². The molecule has 1 saturated heterocycles. The van der Waals surface area contributed by atoms with Crippen molar-refractivity contribution in [1.82, 2.24) is 0 Å². The minimum atomic E-state index is -0.0898. The Morgan fingerprint density at radius 2 is 2.17 bits per heavy atom. The number of alkyl halides is 1. The van der Waals surface area contributed by atoms with Gasteiger partial charge >= 0.3 is 0 Å². The van der Waals surface area contributed by atoms with Crippen molar-refractivity contribution in [3.63, 3.8) is 0 Å². The van der Waals surface area contributed by atoms with Crippen molar-refractivity contribution >= 4 is 23.2 Å². The monoisotopic (exact) mass is 286 g/mol. The van der Waals surface area contributed by atoms with Crippen LogP contribution in [0.15, 0.2) is 12.1 Å². The summed E-state index contributed by atoms with van der Waals surface area (Å²) < 4.78 is 11.3. The van der Waals surface area contributed by atoms with E-state index in [1.807, 2.05) is 12.1 Å². The Morgan fingerprint density at radius 3 is 2.89 bits per heavy atom. The molecule has 0 aromatic heterocycles. The maximum absolute atomic E-state index is 6.64. The molecule has 2 aliphatic heterocycles. The molecule has 4 heteroatoms. The molecule has 2 nitrogen and oxygen atoms in total. The lowest BCUT2D eigenvalue weighted by Gasteiger charge is -2.22. The van der Waals surface area contributed by atoms with Gasteiger partial charge in [0.1, 0.15) is 5.75 Å². The summed E-state index contributed by atoms with van der Waals surface area (Å²) in [6, 6.07) is 3.92. The fourth-order valence-corrected chi connectivity index (χ4v) is 3.61. The van der Waals surface area contributed by atoms with Crippen molar-refractivity contribution in [3.8, 4) is 5.75 Å². The van der Waals surface area contributed by atoms with Gasteiger partial charge in [-0.2, -0.15) is 0 Å². The molecule has 0 aliphatic carbocycles. The lowest BCUT2D eigenvalue weighted by molar-refractivity contribution is 0.104. The van der Waals surface area contributed by atoms with Crippen LogP contribution in [0.3, 0.4) is 0 Å². The molecule has 0 N–H and O–H groups in total. The number of hydrogen-bond donors (Lipinski definition) is 0. The molecule has 2 heterocycles. The van der Waals surface area contributed by atoms with E-state index in [0.717, 1.165) is 42.4 Å². The average molecular weight is 287 g/mol. The van der Waals surface area contributed by atoms with Crippen molar-refractivity contribution in [3.05, 3.63) is 28.3 Å². The van der Waals surface area contributed by atoms with Gasteiger partial charge in [-0.1, -0.05) is 11.6 Å². The third kappa shape index (κ3) is 2.11. The van der Waals surface area contributed by atoms with Crippen LogP contribution in [0.25, 0.3) is 0 Å². The van der Waals surface area contributed by atoms with E-state index < -0.39 is 0 Å². The molecule has 2 aliphatic rings. The Kier molecular flexibility index (Phi) is 3.44. The highest BCUT2D eigenvalue weighted by atomic mass is 35.5. The first kappa shape index (κ1) is 12.6. The van der Waals surface area contributed by atoms with Crippen LogP contribution in [-0.2, 0) is 11.2 Å². The first-order valence-corrected chi connectivity index (χ1v) is 7.19. The minimum absolute atomic E-state index is 0.0898. The van der Waals surface area contributed by atoms with Crippen molar-refractivity contribution in [2.45, 2.75) is 31.2 Å². The van der Waals surface area contributed by atoms with Crippen LogP contribution in [0.5, 0.6) is 5.75 Å². The van der Waals surface area contributed by atoms with Crippen LogP contribution in [0.1, 0.15) is 29.8 Å². The number of hydrogen-bond acceptors (Lipinski definition) is 2. The zero-order valence-electron chi connectivity index (χ0n) is 10.3. The molecule has 0 radical (unpaired) electrons. The normalized spacial score (nSPS) is 27.9. The Labute approximate surface area is 117 Å². The van der Waals surface area contributed by atoms with E-state index in [1.54, 1.807) is 0 Å². The van der Waals surface area contributed by atoms with E-state index >= 15 is 0 Å². The highest BCUT2D eigenvalue weighted by molar-refractivity contribution is 6.31. The van der Waals surface area contributed by atoms with Crippen molar-refractivity contribution in [2.75, 3.05) is 13.2 Å². The highest BCUT2D eigenvalue weighted by Gasteiger charge is 2.34. The fourth-order valence-electron chi connectivity index (χ4n) is 2.87. The second-order valence-corrected chi connectivity index (χ2v) is 5.92. The molecule has 1 fully saturated rings. The number of ether oxygens (including phenoxy) is 2. The SMILES string of the molecule is CC1OCCC1C(Cl)c1cc(Cl)cc2c1OCC2. The number of benzene rings is 1. The van der Waals surface area contributed by atoms with E-state index in [9.17, 15) is 0 Å². The molecule has 18 heavy (non-hydrogen) atoms. The number of halogens is 2. The van der Waals surface area contributed by atoms with E-state index in [-0.39, 0.29) is 11.5 Å². The highest BCUT2D eigenvalue weighted by Crippen LogP contribution is 2.45. The number of fused-ring (bicyclic) bond motifs is 1. The van der Waals surface area contributed by atoms with Gasteiger partial charge in [0.05, 0.1) is 18.1 Å². The Bertz CT molecular complexity index is 461. The molecule has 1 aromatic carbocycles. The predicted molar refractivity (Wildman–Crippen MR) is 72.8 cm³/mol. The molecule has 3 unspecified atom stereocenters.